The van der Waals surface area contributed by atoms with Gasteiger partial charge >= 0.3 is 5.97 Å². The van der Waals surface area contributed by atoms with Crippen molar-refractivity contribution in [3.05, 3.63) is 30.0 Å². The minimum atomic E-state index is -1.05. The molecule has 0 aliphatic carbocycles. The summed E-state index contributed by atoms with van der Waals surface area (Å²) in [7, 11) is 3.30. The van der Waals surface area contributed by atoms with Crippen LogP contribution in [0.2, 0.25) is 0 Å². The smallest absolute Gasteiger partial charge is 0.356 e. The predicted octanol–water partition coefficient (Wildman–Crippen LogP) is 2.35. The molecular formula is C17H20N2O5. The molecule has 3 rings (SSSR count). The second-order valence-electron chi connectivity index (χ2n) is 5.67. The quantitative estimate of drug-likeness (QED) is 0.905. The van der Waals surface area contributed by atoms with Gasteiger partial charge in [0.25, 0.3) is 0 Å². The fraction of sp³-hybridized carbons (Fsp3) is 0.412. The highest BCUT2D eigenvalue weighted by Crippen LogP contribution is 2.34. The second-order valence-corrected chi connectivity index (χ2v) is 5.67. The molecule has 1 aromatic carbocycles. The largest absolute Gasteiger partial charge is 0.493 e. The number of aromatic carboxylic acids is 1. The third kappa shape index (κ3) is 3.35. The van der Waals surface area contributed by atoms with Gasteiger partial charge in [0.1, 0.15) is 6.10 Å². The number of aryl methyl sites for hydroxylation is 1. The van der Waals surface area contributed by atoms with E-state index in [-0.39, 0.29) is 11.8 Å². The molecule has 2 heterocycles. The van der Waals surface area contributed by atoms with E-state index in [2.05, 4.69) is 5.10 Å². The highest BCUT2D eigenvalue weighted by Gasteiger charge is 2.19. The van der Waals surface area contributed by atoms with Crippen molar-refractivity contribution in [1.29, 1.82) is 0 Å². The average molecular weight is 332 g/mol. The maximum Gasteiger partial charge on any atom is 0.356 e. The number of hydrogen-bond acceptors (Lipinski definition) is 5. The zero-order valence-corrected chi connectivity index (χ0v) is 13.7. The van der Waals surface area contributed by atoms with Crippen LogP contribution in [0.25, 0.3) is 11.3 Å². The second kappa shape index (κ2) is 6.92. The molecule has 1 aliphatic rings. The van der Waals surface area contributed by atoms with Gasteiger partial charge in [-0.15, -0.1) is 0 Å². The van der Waals surface area contributed by atoms with Gasteiger partial charge in [-0.2, -0.15) is 5.10 Å². The Morgan fingerprint density at radius 1 is 1.38 bits per heavy atom. The highest BCUT2D eigenvalue weighted by atomic mass is 16.5. The van der Waals surface area contributed by atoms with Gasteiger partial charge in [-0.1, -0.05) is 0 Å². The highest BCUT2D eigenvalue weighted by molar-refractivity contribution is 5.87. The summed E-state index contributed by atoms with van der Waals surface area (Å²) in [6, 6.07) is 7.04. The van der Waals surface area contributed by atoms with Crippen LogP contribution < -0.4 is 9.47 Å². The minimum Gasteiger partial charge on any atom is -0.493 e. The van der Waals surface area contributed by atoms with Gasteiger partial charge in [-0.3, -0.25) is 4.68 Å². The summed E-state index contributed by atoms with van der Waals surface area (Å²) in [5.41, 5.74) is 1.51. The van der Waals surface area contributed by atoms with E-state index in [4.69, 9.17) is 19.3 Å². The van der Waals surface area contributed by atoms with Crippen molar-refractivity contribution in [2.24, 2.45) is 7.05 Å². The van der Waals surface area contributed by atoms with Crippen LogP contribution in [0.4, 0.5) is 0 Å². The normalized spacial score (nSPS) is 17.5. The van der Waals surface area contributed by atoms with Crippen molar-refractivity contribution in [1.82, 2.24) is 9.78 Å². The Hall–Kier alpha value is -2.54. The van der Waals surface area contributed by atoms with E-state index in [1.54, 1.807) is 18.8 Å². The molecule has 0 saturated carbocycles. The monoisotopic (exact) mass is 332 g/mol. The van der Waals surface area contributed by atoms with E-state index >= 15 is 0 Å². The molecular weight excluding hydrogens is 312 g/mol. The molecule has 0 bridgehead atoms. The first-order chi connectivity index (χ1) is 11.6. The zero-order valence-electron chi connectivity index (χ0n) is 13.7. The van der Waals surface area contributed by atoms with E-state index in [1.807, 2.05) is 18.2 Å². The maximum atomic E-state index is 11.1. The summed E-state index contributed by atoms with van der Waals surface area (Å²) >= 11 is 0. The van der Waals surface area contributed by atoms with Crippen LogP contribution >= 0.6 is 0 Å². The van der Waals surface area contributed by atoms with Crippen molar-refractivity contribution in [2.75, 3.05) is 20.3 Å². The number of carboxylic acid groups (broad SMARTS) is 1. The van der Waals surface area contributed by atoms with E-state index < -0.39 is 5.97 Å². The van der Waals surface area contributed by atoms with Crippen molar-refractivity contribution in [2.45, 2.75) is 18.9 Å². The van der Waals surface area contributed by atoms with Gasteiger partial charge in [0, 0.05) is 19.2 Å². The Labute approximate surface area is 139 Å². The number of hydrogen-bond donors (Lipinski definition) is 1. The summed E-state index contributed by atoms with van der Waals surface area (Å²) in [6.07, 6.45) is 1.89. The molecule has 1 atom stereocenters. The third-order valence-corrected chi connectivity index (χ3v) is 3.97. The van der Waals surface area contributed by atoms with Crippen LogP contribution in [0.1, 0.15) is 23.3 Å². The molecule has 1 fully saturated rings. The molecule has 7 nitrogen and oxygen atoms in total. The first-order valence-corrected chi connectivity index (χ1v) is 7.78. The first kappa shape index (κ1) is 16.3. The lowest BCUT2D eigenvalue weighted by Gasteiger charge is -2.24. The van der Waals surface area contributed by atoms with Gasteiger partial charge < -0.3 is 19.3 Å². The summed E-state index contributed by atoms with van der Waals surface area (Å²) < 4.78 is 18.4. The van der Waals surface area contributed by atoms with Gasteiger partial charge in [0.05, 0.1) is 19.4 Å². The summed E-state index contributed by atoms with van der Waals surface area (Å²) in [5, 5.41) is 13.1. The standard InChI is InChI=1S/C17H20N2O5/c1-19-14(9-13(18-19)17(20)21)11-5-6-15(22-2)16(8-11)24-12-4-3-7-23-10-12/h5-6,8-9,12H,3-4,7,10H2,1-2H3,(H,20,21). The Bertz CT molecular complexity index is 735. The van der Waals surface area contributed by atoms with Crippen molar-refractivity contribution in [3.63, 3.8) is 0 Å². The molecule has 128 valence electrons. The van der Waals surface area contributed by atoms with Crippen LogP contribution in [0.3, 0.4) is 0 Å². The third-order valence-electron chi connectivity index (χ3n) is 3.97. The number of ether oxygens (including phenoxy) is 3. The van der Waals surface area contributed by atoms with Crippen LogP contribution in [-0.2, 0) is 11.8 Å². The van der Waals surface area contributed by atoms with E-state index in [1.165, 1.54) is 6.07 Å². The molecule has 1 aliphatic heterocycles. The maximum absolute atomic E-state index is 11.1. The van der Waals surface area contributed by atoms with Gasteiger partial charge in [0.15, 0.2) is 17.2 Å². The molecule has 7 heteroatoms. The predicted molar refractivity (Wildman–Crippen MR) is 86.6 cm³/mol. The van der Waals surface area contributed by atoms with Crippen LogP contribution in [0, 0.1) is 0 Å². The first-order valence-electron chi connectivity index (χ1n) is 7.78. The van der Waals surface area contributed by atoms with Crippen LogP contribution in [-0.4, -0.2) is 47.3 Å². The zero-order chi connectivity index (χ0) is 17.1. The topological polar surface area (TPSA) is 82.8 Å². The van der Waals surface area contributed by atoms with Crippen molar-refractivity contribution < 1.29 is 24.1 Å². The Morgan fingerprint density at radius 3 is 2.83 bits per heavy atom. The summed E-state index contributed by atoms with van der Waals surface area (Å²) in [5.74, 6) is 0.190. The molecule has 1 unspecified atom stereocenters. The Morgan fingerprint density at radius 2 is 2.21 bits per heavy atom. The molecule has 1 saturated heterocycles. The minimum absolute atomic E-state index is 0.00599. The number of aromatic nitrogens is 2. The SMILES string of the molecule is COc1ccc(-c2cc(C(=O)O)nn2C)cc1OC1CCCOC1. The molecule has 0 spiro atoms. The molecule has 0 radical (unpaired) electrons. The number of rotatable bonds is 5. The van der Waals surface area contributed by atoms with Gasteiger partial charge in [-0.25, -0.2) is 4.79 Å². The van der Waals surface area contributed by atoms with Gasteiger partial charge in [-0.05, 0) is 37.1 Å². The van der Waals surface area contributed by atoms with Crippen LogP contribution in [0.5, 0.6) is 11.5 Å². The molecule has 1 N–H and O–H groups in total. The average Bonchev–Trinajstić information content (AvgIpc) is 2.98. The Balaban J connectivity index is 1.92. The Kier molecular flexibility index (Phi) is 4.71. The molecule has 1 aromatic heterocycles. The lowest BCUT2D eigenvalue weighted by atomic mass is 10.1. The van der Waals surface area contributed by atoms with E-state index in [0.717, 1.165) is 25.0 Å². The summed E-state index contributed by atoms with van der Waals surface area (Å²) in [6.45, 7) is 1.33. The molecule has 24 heavy (non-hydrogen) atoms. The number of methoxy groups -OCH3 is 1. The molecule has 0 amide bonds. The fourth-order valence-electron chi connectivity index (χ4n) is 2.75. The van der Waals surface area contributed by atoms with Gasteiger partial charge in [0.2, 0.25) is 0 Å². The van der Waals surface area contributed by atoms with Crippen LogP contribution in [0.15, 0.2) is 24.3 Å². The van der Waals surface area contributed by atoms with E-state index in [9.17, 15) is 4.79 Å². The number of carbonyl (C=O) groups is 1. The lowest BCUT2D eigenvalue weighted by Crippen LogP contribution is -2.28. The number of benzene rings is 1. The number of nitrogens with zero attached hydrogens (tertiary/aromatic N) is 2. The number of carboxylic acids is 1. The molecule has 2 aromatic rings. The van der Waals surface area contributed by atoms with Crippen molar-refractivity contribution >= 4 is 5.97 Å². The van der Waals surface area contributed by atoms with E-state index in [0.29, 0.717) is 23.8 Å². The van der Waals surface area contributed by atoms with Crippen molar-refractivity contribution in [3.8, 4) is 22.8 Å². The lowest BCUT2D eigenvalue weighted by molar-refractivity contribution is 0.00646. The fourth-order valence-corrected chi connectivity index (χ4v) is 2.75. The summed E-state index contributed by atoms with van der Waals surface area (Å²) in [4.78, 5) is 11.1.